The van der Waals surface area contributed by atoms with Gasteiger partial charge in [-0.25, -0.2) is 0 Å². The van der Waals surface area contributed by atoms with Crippen LogP contribution in [0.15, 0.2) is 42.5 Å². The zero-order chi connectivity index (χ0) is 23.3. The Balaban J connectivity index is 1.75. The van der Waals surface area contributed by atoms with Crippen molar-refractivity contribution in [2.75, 3.05) is 18.5 Å². The maximum Gasteiger partial charge on any atom is 0.306 e. The van der Waals surface area contributed by atoms with Crippen LogP contribution in [0.1, 0.15) is 30.9 Å². The average molecular weight is 478 g/mol. The van der Waals surface area contributed by atoms with Gasteiger partial charge in [-0.2, -0.15) is 0 Å². The second kappa shape index (κ2) is 10.3. The third-order valence-corrected chi connectivity index (χ3v) is 5.87. The highest BCUT2D eigenvalue weighted by Gasteiger charge is 2.46. The van der Waals surface area contributed by atoms with E-state index in [-0.39, 0.29) is 18.2 Å². The molecular weight excluding hydrogens is 453 g/mol. The molecule has 0 radical (unpaired) electrons. The highest BCUT2D eigenvalue weighted by molar-refractivity contribution is 6.31. The Morgan fingerprint density at radius 1 is 1.19 bits per heavy atom. The van der Waals surface area contributed by atoms with Gasteiger partial charge in [-0.05, 0) is 48.7 Å². The van der Waals surface area contributed by atoms with Crippen LogP contribution in [0.25, 0.3) is 0 Å². The minimum Gasteiger partial charge on any atom is -0.456 e. The number of hydrogen-bond donors (Lipinski definition) is 3. The number of fused-ring (bicyclic) bond motifs is 1. The molecule has 2 aromatic rings. The fraction of sp³-hybridized carbons (Fsp3) is 0.348. The summed E-state index contributed by atoms with van der Waals surface area (Å²) in [5.41, 5.74) is 6.35. The Kier molecular flexibility index (Phi) is 7.77. The molecule has 9 heteroatoms. The number of nitrogens with one attached hydrogen (secondary N) is 2. The van der Waals surface area contributed by atoms with E-state index in [1.54, 1.807) is 18.2 Å². The van der Waals surface area contributed by atoms with Gasteiger partial charge >= 0.3 is 5.97 Å². The zero-order valence-electron chi connectivity index (χ0n) is 17.6. The molecule has 0 fully saturated rings. The fourth-order valence-electron chi connectivity index (χ4n) is 3.75. The molecule has 1 aliphatic rings. The molecule has 4 N–H and O–H groups in total. The van der Waals surface area contributed by atoms with Crippen LogP contribution in [-0.2, 0) is 31.1 Å². The smallest absolute Gasteiger partial charge is 0.306 e. The number of ether oxygens (including phenoxy) is 1. The lowest BCUT2D eigenvalue weighted by Gasteiger charge is -2.31. The van der Waals surface area contributed by atoms with Crippen LogP contribution in [0.5, 0.6) is 0 Å². The Bertz CT molecular complexity index is 1030. The largest absolute Gasteiger partial charge is 0.456 e. The molecule has 2 aromatic carbocycles. The van der Waals surface area contributed by atoms with Crippen molar-refractivity contribution < 1.29 is 19.1 Å². The lowest BCUT2D eigenvalue weighted by Crippen LogP contribution is -2.51. The van der Waals surface area contributed by atoms with E-state index in [0.717, 1.165) is 11.1 Å². The predicted octanol–water partition coefficient (Wildman–Crippen LogP) is 3.42. The first kappa shape index (κ1) is 24.0. The van der Waals surface area contributed by atoms with Crippen molar-refractivity contribution in [1.82, 2.24) is 5.32 Å². The van der Waals surface area contributed by atoms with E-state index >= 15 is 0 Å². The number of anilines is 1. The molecule has 170 valence electrons. The highest BCUT2D eigenvalue weighted by Crippen LogP contribution is 2.40. The van der Waals surface area contributed by atoms with Crippen molar-refractivity contribution in [2.24, 2.45) is 11.7 Å². The van der Waals surface area contributed by atoms with E-state index in [2.05, 4.69) is 10.6 Å². The topological polar surface area (TPSA) is 111 Å². The summed E-state index contributed by atoms with van der Waals surface area (Å²) in [4.78, 5) is 35.7. The molecule has 32 heavy (non-hydrogen) atoms. The summed E-state index contributed by atoms with van der Waals surface area (Å²) in [6.07, 6.45) is 1.06. The second-order valence-corrected chi connectivity index (χ2v) is 8.88. The van der Waals surface area contributed by atoms with Crippen molar-refractivity contribution in [3.63, 3.8) is 0 Å². The SMILES string of the molecule is CC(CCC(=O)OCC(N)=O)CNC1(Cc2cccc(Cl)c2)C(=O)Nc2cc(Cl)ccc21. The normalized spacial score (nSPS) is 18.0. The molecule has 3 rings (SSSR count). The summed E-state index contributed by atoms with van der Waals surface area (Å²) in [6, 6.07) is 12.7. The molecule has 0 bridgehead atoms. The first-order valence-corrected chi connectivity index (χ1v) is 11.0. The van der Waals surface area contributed by atoms with Crippen LogP contribution >= 0.6 is 23.2 Å². The third-order valence-electron chi connectivity index (χ3n) is 5.40. The van der Waals surface area contributed by atoms with Gasteiger partial charge in [0.2, 0.25) is 5.91 Å². The Morgan fingerprint density at radius 3 is 2.66 bits per heavy atom. The van der Waals surface area contributed by atoms with Crippen molar-refractivity contribution in [1.29, 1.82) is 0 Å². The first-order chi connectivity index (χ1) is 15.2. The van der Waals surface area contributed by atoms with Gasteiger partial charge in [-0.3, -0.25) is 19.7 Å². The number of carbonyl (C=O) groups is 3. The minimum atomic E-state index is -1.01. The lowest BCUT2D eigenvalue weighted by atomic mass is 9.84. The molecule has 2 amide bonds. The molecular formula is C23H25Cl2N3O4. The van der Waals surface area contributed by atoms with Gasteiger partial charge in [0.1, 0.15) is 5.54 Å². The Morgan fingerprint density at radius 2 is 1.94 bits per heavy atom. The van der Waals surface area contributed by atoms with Crippen LogP contribution in [-0.4, -0.2) is 30.9 Å². The monoisotopic (exact) mass is 477 g/mol. The summed E-state index contributed by atoms with van der Waals surface area (Å²) in [7, 11) is 0. The second-order valence-electron chi connectivity index (χ2n) is 8.01. The number of rotatable bonds is 10. The third kappa shape index (κ3) is 5.79. The summed E-state index contributed by atoms with van der Waals surface area (Å²) in [5.74, 6) is -1.30. The fourth-order valence-corrected chi connectivity index (χ4v) is 4.13. The number of primary amides is 1. The van der Waals surface area contributed by atoms with Crippen molar-refractivity contribution in [3.05, 3.63) is 63.6 Å². The number of hydrogen-bond acceptors (Lipinski definition) is 5. The Labute approximate surface area is 196 Å². The van der Waals surface area contributed by atoms with E-state index in [9.17, 15) is 14.4 Å². The standard InChI is InChI=1S/C23H25Cl2N3O4/c1-14(5-8-21(30)32-13-20(26)29)12-27-23(11-15-3-2-4-16(24)9-15)18-7-6-17(25)10-19(18)28-22(23)31/h2-4,6-7,9-10,14,27H,5,8,11-13H2,1H3,(H2,26,29)(H,28,31). The maximum atomic E-state index is 13.2. The van der Waals surface area contributed by atoms with E-state index in [1.165, 1.54) is 0 Å². The van der Waals surface area contributed by atoms with E-state index < -0.39 is 24.0 Å². The van der Waals surface area contributed by atoms with Gasteiger partial charge in [0.15, 0.2) is 6.61 Å². The number of nitrogens with two attached hydrogens (primary N) is 1. The van der Waals surface area contributed by atoms with E-state index in [0.29, 0.717) is 35.1 Å². The van der Waals surface area contributed by atoms with Gasteiger partial charge in [0.25, 0.3) is 5.91 Å². The molecule has 1 aliphatic heterocycles. The molecule has 0 saturated heterocycles. The van der Waals surface area contributed by atoms with Crippen molar-refractivity contribution in [3.8, 4) is 0 Å². The number of esters is 1. The van der Waals surface area contributed by atoms with Crippen molar-refractivity contribution >= 4 is 46.7 Å². The number of halogens is 2. The van der Waals surface area contributed by atoms with Crippen LogP contribution in [0.3, 0.4) is 0 Å². The van der Waals surface area contributed by atoms with E-state index in [1.807, 2.05) is 31.2 Å². The summed E-state index contributed by atoms with van der Waals surface area (Å²) in [5, 5.41) is 7.49. The van der Waals surface area contributed by atoms with Gasteiger partial charge < -0.3 is 15.8 Å². The average Bonchev–Trinajstić information content (AvgIpc) is 2.99. The summed E-state index contributed by atoms with van der Waals surface area (Å²) >= 11 is 12.3. The molecule has 0 aromatic heterocycles. The summed E-state index contributed by atoms with van der Waals surface area (Å²) < 4.78 is 4.79. The van der Waals surface area contributed by atoms with Gasteiger partial charge in [0, 0.05) is 34.1 Å². The Hall–Kier alpha value is -2.61. The molecule has 0 spiro atoms. The quantitative estimate of drug-likeness (QED) is 0.454. The maximum absolute atomic E-state index is 13.2. The number of carbonyl (C=O) groups excluding carboxylic acids is 3. The zero-order valence-corrected chi connectivity index (χ0v) is 19.1. The van der Waals surface area contributed by atoms with Crippen molar-refractivity contribution in [2.45, 2.75) is 31.7 Å². The summed E-state index contributed by atoms with van der Waals surface area (Å²) in [6.45, 7) is 2.02. The van der Waals surface area contributed by atoms with Crippen LogP contribution in [0.4, 0.5) is 5.69 Å². The number of amides is 2. The van der Waals surface area contributed by atoms with Gasteiger partial charge in [-0.15, -0.1) is 0 Å². The van der Waals surface area contributed by atoms with E-state index in [4.69, 9.17) is 33.7 Å². The van der Waals surface area contributed by atoms with Gasteiger partial charge in [-0.1, -0.05) is 48.3 Å². The predicted molar refractivity (Wildman–Crippen MR) is 123 cm³/mol. The highest BCUT2D eigenvalue weighted by atomic mass is 35.5. The van der Waals surface area contributed by atoms with Crippen LogP contribution in [0.2, 0.25) is 10.0 Å². The van der Waals surface area contributed by atoms with Gasteiger partial charge in [0.05, 0.1) is 0 Å². The van der Waals surface area contributed by atoms with Crippen LogP contribution in [0, 0.1) is 5.92 Å². The molecule has 7 nitrogen and oxygen atoms in total. The number of benzene rings is 2. The molecule has 0 aliphatic carbocycles. The molecule has 1 heterocycles. The molecule has 2 unspecified atom stereocenters. The van der Waals surface area contributed by atoms with Crippen LogP contribution < -0.4 is 16.4 Å². The molecule has 0 saturated carbocycles. The molecule has 2 atom stereocenters. The lowest BCUT2D eigenvalue weighted by molar-refractivity contribution is -0.148. The minimum absolute atomic E-state index is 0.0523. The first-order valence-electron chi connectivity index (χ1n) is 10.2.